The first-order valence-corrected chi connectivity index (χ1v) is 11.3. The first-order chi connectivity index (χ1) is 17.0. The Bertz CT molecular complexity index is 1120. The van der Waals surface area contributed by atoms with Crippen molar-refractivity contribution in [1.29, 1.82) is 0 Å². The minimum Gasteiger partial charge on any atom is -0.495 e. The van der Waals surface area contributed by atoms with Crippen LogP contribution in [0.25, 0.3) is 11.1 Å². The van der Waals surface area contributed by atoms with Crippen LogP contribution in [0.4, 0.5) is 5.69 Å². The van der Waals surface area contributed by atoms with E-state index in [9.17, 15) is 9.59 Å². The summed E-state index contributed by atoms with van der Waals surface area (Å²) in [4.78, 5) is 24.1. The number of methoxy groups -OCH3 is 1. The fourth-order valence-corrected chi connectivity index (χ4v) is 3.92. The van der Waals surface area contributed by atoms with E-state index in [-0.39, 0.29) is 0 Å². The normalized spacial score (nSPS) is 13.7. The Hall–Kier alpha value is -4.10. The summed E-state index contributed by atoms with van der Waals surface area (Å²) in [6.45, 7) is 5.18. The number of piperazine rings is 1. The molecule has 3 aromatic carbocycles. The van der Waals surface area contributed by atoms with Crippen molar-refractivity contribution < 1.29 is 24.5 Å². The van der Waals surface area contributed by atoms with E-state index in [0.29, 0.717) is 12.2 Å². The van der Waals surface area contributed by atoms with Gasteiger partial charge in [-0.25, -0.2) is 9.59 Å². The van der Waals surface area contributed by atoms with Gasteiger partial charge in [0.2, 0.25) is 0 Å². The summed E-state index contributed by atoms with van der Waals surface area (Å²) >= 11 is 0. The van der Waals surface area contributed by atoms with Crippen LogP contribution in [-0.4, -0.2) is 60.3 Å². The third-order valence-electron chi connectivity index (χ3n) is 5.61. The SMILES string of the molecule is COc1ccccc1N1CCN(Cc2cccc(-c3ccccc3)c2)CC1.O=C(O)/C=C\C(=O)O. The maximum Gasteiger partial charge on any atom is 0.328 e. The molecule has 0 spiro atoms. The maximum atomic E-state index is 9.55. The lowest BCUT2D eigenvalue weighted by molar-refractivity contribution is -0.134. The maximum absolute atomic E-state index is 9.55. The smallest absolute Gasteiger partial charge is 0.328 e. The molecule has 1 aliphatic heterocycles. The molecular formula is C28H30N2O5. The number of anilines is 1. The molecule has 2 N–H and O–H groups in total. The molecule has 3 aromatic rings. The molecule has 0 amide bonds. The zero-order chi connectivity index (χ0) is 25.0. The van der Waals surface area contributed by atoms with Crippen LogP contribution in [0.1, 0.15) is 5.56 Å². The average Bonchev–Trinajstić information content (AvgIpc) is 2.89. The standard InChI is InChI=1S/C24H26N2O.C4H4O4/c1-27-24-13-6-5-12-23(24)26-16-14-25(15-17-26)19-20-8-7-11-22(18-20)21-9-3-2-4-10-21;5-3(6)1-2-4(7)8/h2-13,18H,14-17,19H2,1H3;1-2H,(H,5,6)(H,7,8)/b;2-1-. The number of aliphatic carboxylic acids is 2. The van der Waals surface area contributed by atoms with Crippen LogP contribution in [-0.2, 0) is 16.1 Å². The van der Waals surface area contributed by atoms with Gasteiger partial charge in [0.25, 0.3) is 0 Å². The van der Waals surface area contributed by atoms with E-state index in [1.165, 1.54) is 22.4 Å². The largest absolute Gasteiger partial charge is 0.495 e. The number of nitrogens with zero attached hydrogens (tertiary/aromatic N) is 2. The fourth-order valence-electron chi connectivity index (χ4n) is 3.92. The van der Waals surface area contributed by atoms with Crippen LogP contribution in [0.5, 0.6) is 5.75 Å². The monoisotopic (exact) mass is 474 g/mol. The number of ether oxygens (including phenoxy) is 1. The zero-order valence-electron chi connectivity index (χ0n) is 19.7. The first-order valence-electron chi connectivity index (χ1n) is 11.3. The molecule has 1 saturated heterocycles. The van der Waals surface area contributed by atoms with Gasteiger partial charge in [-0.15, -0.1) is 0 Å². The van der Waals surface area contributed by atoms with Crippen molar-refractivity contribution in [3.63, 3.8) is 0 Å². The minimum absolute atomic E-state index is 0.558. The quantitative estimate of drug-likeness (QED) is 0.491. The molecule has 35 heavy (non-hydrogen) atoms. The van der Waals surface area contributed by atoms with Crippen molar-refractivity contribution in [2.75, 3.05) is 38.2 Å². The van der Waals surface area contributed by atoms with Crippen LogP contribution in [0.2, 0.25) is 0 Å². The zero-order valence-corrected chi connectivity index (χ0v) is 19.7. The van der Waals surface area contributed by atoms with Crippen molar-refractivity contribution >= 4 is 17.6 Å². The number of benzene rings is 3. The van der Waals surface area contributed by atoms with Crippen molar-refractivity contribution in [3.05, 3.63) is 96.6 Å². The number of carboxylic acids is 2. The molecular weight excluding hydrogens is 444 g/mol. The van der Waals surface area contributed by atoms with E-state index in [1.807, 2.05) is 12.1 Å². The average molecular weight is 475 g/mol. The number of carbonyl (C=O) groups is 2. The van der Waals surface area contributed by atoms with Gasteiger partial charge in [0.05, 0.1) is 12.8 Å². The second-order valence-electron chi connectivity index (χ2n) is 8.01. The van der Waals surface area contributed by atoms with Crippen molar-refractivity contribution in [1.82, 2.24) is 4.90 Å². The molecule has 4 rings (SSSR count). The molecule has 1 fully saturated rings. The van der Waals surface area contributed by atoms with E-state index in [2.05, 4.69) is 76.5 Å². The number of para-hydroxylation sites is 2. The highest BCUT2D eigenvalue weighted by Gasteiger charge is 2.19. The predicted octanol–water partition coefficient (Wildman–Crippen LogP) is 4.40. The second kappa shape index (κ2) is 13.0. The van der Waals surface area contributed by atoms with Gasteiger partial charge in [-0.2, -0.15) is 0 Å². The molecule has 1 aliphatic rings. The Morgan fingerprint density at radius 1 is 0.800 bits per heavy atom. The van der Waals surface area contributed by atoms with E-state index in [4.69, 9.17) is 14.9 Å². The summed E-state index contributed by atoms with van der Waals surface area (Å²) in [5.41, 5.74) is 5.15. The van der Waals surface area contributed by atoms with Gasteiger partial charge in [-0.1, -0.05) is 60.7 Å². The highest BCUT2D eigenvalue weighted by Crippen LogP contribution is 2.28. The third kappa shape index (κ3) is 8.01. The van der Waals surface area contributed by atoms with Gasteiger partial charge < -0.3 is 19.8 Å². The Morgan fingerprint density at radius 2 is 1.40 bits per heavy atom. The molecule has 0 bridgehead atoms. The highest BCUT2D eigenvalue weighted by molar-refractivity contribution is 5.89. The molecule has 7 heteroatoms. The van der Waals surface area contributed by atoms with Gasteiger partial charge >= 0.3 is 11.9 Å². The lowest BCUT2D eigenvalue weighted by atomic mass is 10.0. The molecule has 0 radical (unpaired) electrons. The van der Waals surface area contributed by atoms with Gasteiger partial charge in [-0.05, 0) is 34.9 Å². The minimum atomic E-state index is -1.26. The van der Waals surface area contributed by atoms with Crippen LogP contribution in [0.3, 0.4) is 0 Å². The Kier molecular flexibility index (Phi) is 9.45. The topological polar surface area (TPSA) is 90.3 Å². The summed E-state index contributed by atoms with van der Waals surface area (Å²) in [6.07, 6.45) is 1.12. The number of hydrogen-bond donors (Lipinski definition) is 2. The molecule has 0 aliphatic carbocycles. The summed E-state index contributed by atoms with van der Waals surface area (Å²) in [5.74, 6) is -1.55. The molecule has 0 atom stereocenters. The van der Waals surface area contributed by atoms with Crippen LogP contribution >= 0.6 is 0 Å². The molecule has 1 heterocycles. The lowest BCUT2D eigenvalue weighted by Gasteiger charge is -2.36. The molecule has 182 valence electrons. The summed E-state index contributed by atoms with van der Waals surface area (Å²) in [7, 11) is 1.74. The number of rotatable bonds is 7. The van der Waals surface area contributed by atoms with Gasteiger partial charge in [0.15, 0.2) is 0 Å². The Morgan fingerprint density at radius 3 is 2.03 bits per heavy atom. The van der Waals surface area contributed by atoms with Crippen molar-refractivity contribution in [3.8, 4) is 16.9 Å². The second-order valence-corrected chi connectivity index (χ2v) is 8.01. The van der Waals surface area contributed by atoms with E-state index in [1.54, 1.807) is 7.11 Å². The third-order valence-corrected chi connectivity index (χ3v) is 5.61. The van der Waals surface area contributed by atoms with Crippen LogP contribution < -0.4 is 9.64 Å². The fraction of sp³-hybridized carbons (Fsp3) is 0.214. The van der Waals surface area contributed by atoms with Crippen LogP contribution in [0, 0.1) is 0 Å². The van der Waals surface area contributed by atoms with Crippen molar-refractivity contribution in [2.45, 2.75) is 6.54 Å². The van der Waals surface area contributed by atoms with E-state index >= 15 is 0 Å². The van der Waals surface area contributed by atoms with E-state index in [0.717, 1.165) is 38.5 Å². The Labute approximate surface area is 205 Å². The highest BCUT2D eigenvalue weighted by atomic mass is 16.5. The van der Waals surface area contributed by atoms with Gasteiger partial charge in [0.1, 0.15) is 5.75 Å². The van der Waals surface area contributed by atoms with Gasteiger partial charge in [0, 0.05) is 44.9 Å². The summed E-state index contributed by atoms with van der Waals surface area (Å²) in [6, 6.07) is 27.8. The summed E-state index contributed by atoms with van der Waals surface area (Å²) in [5, 5.41) is 15.6. The molecule has 0 unspecified atom stereocenters. The lowest BCUT2D eigenvalue weighted by Crippen LogP contribution is -2.46. The van der Waals surface area contributed by atoms with Crippen LogP contribution in [0.15, 0.2) is 91.0 Å². The predicted molar refractivity (Wildman–Crippen MR) is 137 cm³/mol. The molecule has 0 saturated carbocycles. The first kappa shape index (κ1) is 25.5. The summed E-state index contributed by atoms with van der Waals surface area (Å²) < 4.78 is 5.52. The van der Waals surface area contributed by atoms with Gasteiger partial charge in [-0.3, -0.25) is 4.90 Å². The number of hydrogen-bond acceptors (Lipinski definition) is 5. The molecule has 7 nitrogen and oxygen atoms in total. The Balaban J connectivity index is 0.000000371. The molecule has 0 aromatic heterocycles. The number of carboxylic acid groups (broad SMARTS) is 2. The van der Waals surface area contributed by atoms with E-state index < -0.39 is 11.9 Å². The van der Waals surface area contributed by atoms with Crippen molar-refractivity contribution in [2.24, 2.45) is 0 Å².